The van der Waals surface area contributed by atoms with Gasteiger partial charge in [-0.25, -0.2) is 4.98 Å². The van der Waals surface area contributed by atoms with Crippen LogP contribution in [0.25, 0.3) is 11.0 Å². The van der Waals surface area contributed by atoms with Gasteiger partial charge in [-0.05, 0) is 37.1 Å². The molecule has 4 rings (SSSR count). The molecule has 5 heteroatoms. The maximum atomic E-state index is 4.68. The van der Waals surface area contributed by atoms with Gasteiger partial charge in [-0.2, -0.15) is 0 Å². The number of benzene rings is 1. The molecular formula is C12H13N3S2. The molecule has 0 aliphatic carbocycles. The van der Waals surface area contributed by atoms with Crippen LogP contribution < -0.4 is 5.32 Å². The molecule has 1 aromatic heterocycles. The maximum absolute atomic E-state index is 4.68. The van der Waals surface area contributed by atoms with E-state index in [9.17, 15) is 0 Å². The molecule has 0 amide bonds. The molecule has 2 N–H and O–H groups in total. The zero-order valence-electron chi connectivity index (χ0n) is 9.27. The van der Waals surface area contributed by atoms with E-state index in [1.54, 1.807) is 0 Å². The molecule has 2 aromatic rings. The Hall–Kier alpha value is -0.650. The largest absolute Gasteiger partial charge is 0.341 e. The first-order chi connectivity index (χ1) is 8.40. The van der Waals surface area contributed by atoms with E-state index in [2.05, 4.69) is 33.5 Å². The van der Waals surface area contributed by atoms with Crippen LogP contribution in [0.15, 0.2) is 18.2 Å². The van der Waals surface area contributed by atoms with Gasteiger partial charge < -0.3 is 10.3 Å². The summed E-state index contributed by atoms with van der Waals surface area (Å²) in [6.45, 7) is 1.11. The average Bonchev–Trinajstić information content (AvgIpc) is 2.92. The Kier molecular flexibility index (Phi) is 2.38. The molecule has 0 spiro atoms. The molecule has 3 heterocycles. The Morgan fingerprint density at radius 2 is 2.24 bits per heavy atom. The van der Waals surface area contributed by atoms with Crippen LogP contribution in [-0.2, 0) is 0 Å². The summed E-state index contributed by atoms with van der Waals surface area (Å²) in [6, 6.07) is 7.01. The monoisotopic (exact) mass is 263 g/mol. The third-order valence-electron chi connectivity index (χ3n) is 3.38. The van der Waals surface area contributed by atoms with E-state index in [-0.39, 0.29) is 0 Å². The van der Waals surface area contributed by atoms with Gasteiger partial charge in [-0.3, -0.25) is 0 Å². The number of rotatable bonds is 2. The summed E-state index contributed by atoms with van der Waals surface area (Å²) in [7, 11) is 3.86. The molecule has 0 bridgehead atoms. The minimum Gasteiger partial charge on any atom is -0.341 e. The summed E-state index contributed by atoms with van der Waals surface area (Å²) in [5.74, 6) is 1.10. The summed E-state index contributed by atoms with van der Waals surface area (Å²) in [5, 5.41) is 3.48. The number of aromatic amines is 1. The lowest BCUT2D eigenvalue weighted by Crippen LogP contribution is -2.13. The Labute approximate surface area is 108 Å². The van der Waals surface area contributed by atoms with Crippen molar-refractivity contribution >= 4 is 32.6 Å². The lowest BCUT2D eigenvalue weighted by Gasteiger charge is -2.04. The summed E-state index contributed by atoms with van der Waals surface area (Å²) in [4.78, 5) is 8.15. The van der Waals surface area contributed by atoms with Crippen LogP contribution in [0.4, 0.5) is 0 Å². The highest BCUT2D eigenvalue weighted by Crippen LogP contribution is 2.65. The third kappa shape index (κ3) is 1.86. The van der Waals surface area contributed by atoms with E-state index in [1.165, 1.54) is 23.9 Å². The number of imidazole rings is 1. The van der Waals surface area contributed by atoms with E-state index in [0.29, 0.717) is 10.6 Å². The number of nitrogens with zero attached hydrogens (tertiary/aromatic N) is 1. The van der Waals surface area contributed by atoms with Gasteiger partial charge in [-0.15, -0.1) is 0 Å². The number of fused-ring (bicyclic) bond motifs is 1. The second kappa shape index (κ2) is 3.93. The molecule has 2 fully saturated rings. The van der Waals surface area contributed by atoms with Crippen molar-refractivity contribution in [1.82, 2.24) is 15.3 Å². The van der Waals surface area contributed by atoms with Gasteiger partial charge >= 0.3 is 0 Å². The molecule has 0 saturated carbocycles. The van der Waals surface area contributed by atoms with Crippen molar-refractivity contribution in [1.29, 1.82) is 0 Å². The van der Waals surface area contributed by atoms with Crippen LogP contribution in [0, 0.1) is 0 Å². The predicted molar refractivity (Wildman–Crippen MR) is 74.0 cm³/mol. The van der Waals surface area contributed by atoms with E-state index in [0.717, 1.165) is 17.9 Å². The highest BCUT2D eigenvalue weighted by Gasteiger charge is 2.27. The van der Waals surface area contributed by atoms with E-state index < -0.39 is 0 Å². The topological polar surface area (TPSA) is 40.7 Å². The lowest BCUT2D eigenvalue weighted by molar-refractivity contribution is 0.614. The fourth-order valence-corrected chi connectivity index (χ4v) is 3.82. The van der Waals surface area contributed by atoms with E-state index >= 15 is 0 Å². The first-order valence-electron chi connectivity index (χ1n) is 5.95. The van der Waals surface area contributed by atoms with Crippen LogP contribution in [0.1, 0.15) is 34.9 Å². The predicted octanol–water partition coefficient (Wildman–Crippen LogP) is 3.38. The molecular weight excluding hydrogens is 250 g/mol. The van der Waals surface area contributed by atoms with Crippen molar-refractivity contribution in [2.75, 3.05) is 6.54 Å². The van der Waals surface area contributed by atoms with Crippen LogP contribution in [0.2, 0.25) is 0 Å². The number of aromatic nitrogens is 2. The zero-order chi connectivity index (χ0) is 11.2. The molecule has 0 radical (unpaired) electrons. The quantitative estimate of drug-likeness (QED) is 0.644. The molecule has 2 aliphatic rings. The Morgan fingerprint density at radius 3 is 3.00 bits per heavy atom. The number of hydrogen-bond acceptors (Lipinski definition) is 4. The highest BCUT2D eigenvalue weighted by atomic mass is 33.2. The first kappa shape index (κ1) is 10.3. The molecule has 2 aliphatic heterocycles. The van der Waals surface area contributed by atoms with Gasteiger partial charge in [0.2, 0.25) is 0 Å². The SMILES string of the molecule is c1cc2nc(C3CCCN3)[nH]c2cc1C1SS1. The molecule has 2 saturated heterocycles. The summed E-state index contributed by atoms with van der Waals surface area (Å²) >= 11 is 0. The van der Waals surface area contributed by atoms with Crippen molar-refractivity contribution in [3.63, 3.8) is 0 Å². The van der Waals surface area contributed by atoms with Gasteiger partial charge in [0.1, 0.15) is 5.82 Å². The van der Waals surface area contributed by atoms with Crippen LogP contribution in [0.3, 0.4) is 0 Å². The molecule has 17 heavy (non-hydrogen) atoms. The fourth-order valence-electron chi connectivity index (χ4n) is 2.42. The van der Waals surface area contributed by atoms with Gasteiger partial charge in [0, 0.05) is 0 Å². The number of hydrogen-bond donors (Lipinski definition) is 2. The molecule has 88 valence electrons. The molecule has 1 atom stereocenters. The maximum Gasteiger partial charge on any atom is 0.124 e. The average molecular weight is 263 g/mol. The summed E-state index contributed by atoms with van der Waals surface area (Å²) < 4.78 is 0.649. The summed E-state index contributed by atoms with van der Waals surface area (Å²) in [6.07, 6.45) is 2.45. The Morgan fingerprint density at radius 1 is 1.29 bits per heavy atom. The van der Waals surface area contributed by atoms with E-state index in [1.807, 2.05) is 21.6 Å². The third-order valence-corrected chi connectivity index (χ3v) is 5.46. The van der Waals surface area contributed by atoms with Crippen molar-refractivity contribution in [2.24, 2.45) is 0 Å². The van der Waals surface area contributed by atoms with Crippen LogP contribution in [-0.4, -0.2) is 16.5 Å². The van der Waals surface area contributed by atoms with Crippen LogP contribution >= 0.6 is 21.6 Å². The van der Waals surface area contributed by atoms with Gasteiger partial charge in [0.05, 0.1) is 21.7 Å². The Bertz CT molecular complexity index is 556. The molecule has 1 aromatic carbocycles. The smallest absolute Gasteiger partial charge is 0.124 e. The van der Waals surface area contributed by atoms with Crippen molar-refractivity contribution in [3.8, 4) is 0 Å². The minimum atomic E-state index is 0.426. The van der Waals surface area contributed by atoms with Crippen LogP contribution in [0.5, 0.6) is 0 Å². The number of nitrogens with one attached hydrogen (secondary N) is 2. The normalized spacial score (nSPS) is 24.6. The van der Waals surface area contributed by atoms with Gasteiger partial charge in [-0.1, -0.05) is 27.7 Å². The van der Waals surface area contributed by atoms with Gasteiger partial charge in [0.25, 0.3) is 0 Å². The number of H-pyrrole nitrogens is 1. The minimum absolute atomic E-state index is 0.426. The van der Waals surface area contributed by atoms with Gasteiger partial charge in [0.15, 0.2) is 0 Å². The summed E-state index contributed by atoms with van der Waals surface area (Å²) in [5.41, 5.74) is 3.68. The van der Waals surface area contributed by atoms with E-state index in [4.69, 9.17) is 0 Å². The zero-order valence-corrected chi connectivity index (χ0v) is 10.9. The highest BCUT2D eigenvalue weighted by molar-refractivity contribution is 8.92. The van der Waals surface area contributed by atoms with Crippen molar-refractivity contribution in [3.05, 3.63) is 29.6 Å². The second-order valence-corrected chi connectivity index (χ2v) is 7.35. The van der Waals surface area contributed by atoms with Crippen molar-refractivity contribution < 1.29 is 0 Å². The Balaban J connectivity index is 1.74. The second-order valence-electron chi connectivity index (χ2n) is 4.57. The van der Waals surface area contributed by atoms with Crippen molar-refractivity contribution in [2.45, 2.75) is 23.5 Å². The first-order valence-corrected chi connectivity index (χ1v) is 8.23. The fraction of sp³-hybridized carbons (Fsp3) is 0.417. The lowest BCUT2D eigenvalue weighted by atomic mass is 10.2. The molecule has 1 unspecified atom stereocenters. The standard InChI is InChI=1S/C12H13N3S2/c1-2-9(13-5-1)11-14-8-4-3-7(12-16-17-12)6-10(8)15-11/h3-4,6,9,12-13H,1-2,5H2,(H,14,15). The molecule has 3 nitrogen and oxygen atoms in total.